The van der Waals surface area contributed by atoms with E-state index in [2.05, 4.69) is 10.3 Å². The molecule has 220 valence electrons. The van der Waals surface area contributed by atoms with Gasteiger partial charge in [-0.05, 0) is 77.7 Å². The Morgan fingerprint density at radius 3 is 2.52 bits per heavy atom. The quantitative estimate of drug-likeness (QED) is 0.236. The Morgan fingerprint density at radius 1 is 0.977 bits per heavy atom. The van der Waals surface area contributed by atoms with Crippen LogP contribution in [0.4, 0.5) is 14.9 Å². The molecule has 2 aliphatic rings. The Morgan fingerprint density at radius 2 is 1.75 bits per heavy atom. The predicted octanol–water partition coefficient (Wildman–Crippen LogP) is 5.77. The van der Waals surface area contributed by atoms with Gasteiger partial charge in [0.15, 0.2) is 0 Å². The molecule has 7 rings (SSSR count). The number of hydrogen-bond acceptors (Lipinski definition) is 4. The van der Waals surface area contributed by atoms with E-state index in [1.807, 2.05) is 48.5 Å². The van der Waals surface area contributed by atoms with Crippen molar-refractivity contribution < 1.29 is 23.5 Å². The first-order valence-electron chi connectivity index (χ1n) is 14.5. The number of aromatic nitrogens is 1. The molecule has 9 heteroatoms. The maximum absolute atomic E-state index is 14.1. The van der Waals surface area contributed by atoms with E-state index >= 15 is 0 Å². The number of hydrogen-bond donors (Lipinski definition) is 2. The van der Waals surface area contributed by atoms with Gasteiger partial charge in [-0.2, -0.15) is 0 Å². The SMILES string of the molecule is COc1cccc(C2c3[nH]c4ccccc4c3C[C@H]3C(=O)N(c4ccc(C(=O)NCCc5ccc(F)cc5)cc4)C(=O)N23)c1. The van der Waals surface area contributed by atoms with Gasteiger partial charge < -0.3 is 15.0 Å². The van der Waals surface area contributed by atoms with Gasteiger partial charge in [0.1, 0.15) is 23.7 Å². The van der Waals surface area contributed by atoms with Gasteiger partial charge in [0, 0.05) is 35.1 Å². The number of urea groups is 1. The van der Waals surface area contributed by atoms with Crippen LogP contribution in [0.25, 0.3) is 10.9 Å². The van der Waals surface area contributed by atoms with E-state index in [1.54, 1.807) is 48.4 Å². The number of carbonyl (C=O) groups is 3. The molecule has 0 saturated carbocycles. The highest BCUT2D eigenvalue weighted by molar-refractivity contribution is 6.22. The molecular weight excluding hydrogens is 559 g/mol. The Hall–Kier alpha value is -5.44. The van der Waals surface area contributed by atoms with Crippen molar-refractivity contribution in [3.05, 3.63) is 131 Å². The highest BCUT2D eigenvalue weighted by Gasteiger charge is 2.53. The number of amides is 4. The molecule has 0 radical (unpaired) electrons. The van der Waals surface area contributed by atoms with E-state index in [9.17, 15) is 18.8 Å². The topological polar surface area (TPSA) is 94.7 Å². The summed E-state index contributed by atoms with van der Waals surface area (Å²) in [6.07, 6.45) is 0.944. The number of para-hydroxylation sites is 1. The summed E-state index contributed by atoms with van der Waals surface area (Å²) in [7, 11) is 1.60. The summed E-state index contributed by atoms with van der Waals surface area (Å²) in [6, 6.07) is 26.5. The van der Waals surface area contributed by atoms with E-state index in [4.69, 9.17) is 4.74 Å². The first-order valence-corrected chi connectivity index (χ1v) is 14.5. The highest BCUT2D eigenvalue weighted by atomic mass is 19.1. The van der Waals surface area contributed by atoms with E-state index in [0.717, 1.165) is 33.3 Å². The maximum atomic E-state index is 14.1. The predicted molar refractivity (Wildman–Crippen MR) is 164 cm³/mol. The molecule has 2 N–H and O–H groups in total. The zero-order chi connectivity index (χ0) is 30.4. The summed E-state index contributed by atoms with van der Waals surface area (Å²) in [5.74, 6) is -0.236. The Kier molecular flexibility index (Phi) is 6.85. The van der Waals surface area contributed by atoms with Crippen LogP contribution in [0, 0.1) is 5.82 Å². The second kappa shape index (κ2) is 11.0. The minimum absolute atomic E-state index is 0.279. The lowest BCUT2D eigenvalue weighted by Gasteiger charge is -2.36. The molecule has 2 atom stereocenters. The van der Waals surface area contributed by atoms with E-state index in [0.29, 0.717) is 36.4 Å². The van der Waals surface area contributed by atoms with Crippen molar-refractivity contribution in [2.24, 2.45) is 0 Å². The molecule has 1 saturated heterocycles. The van der Waals surface area contributed by atoms with Gasteiger partial charge in [-0.3, -0.25) is 14.5 Å². The molecule has 4 amide bonds. The summed E-state index contributed by atoms with van der Waals surface area (Å²) >= 11 is 0. The Bertz CT molecular complexity index is 1900. The minimum Gasteiger partial charge on any atom is -0.497 e. The number of rotatable bonds is 7. The van der Waals surface area contributed by atoms with Gasteiger partial charge in [-0.1, -0.05) is 42.5 Å². The fourth-order valence-electron chi connectivity index (χ4n) is 6.31. The lowest BCUT2D eigenvalue weighted by Crippen LogP contribution is -2.44. The number of ether oxygens (including phenoxy) is 1. The standard InChI is InChI=1S/C35H29FN4O4/c1-44-26-6-4-5-23(19-26)32-31-28(27-7-2-3-8-29(27)38-31)20-30-34(42)39(35(43)40(30)32)25-15-11-22(12-16-25)33(41)37-18-17-21-9-13-24(36)14-10-21/h2-16,19,30,32,38H,17-18,20H2,1H3,(H,37,41)/t30-,32?/m0/s1. The van der Waals surface area contributed by atoms with Crippen molar-refractivity contribution >= 4 is 34.4 Å². The number of anilines is 1. The van der Waals surface area contributed by atoms with Gasteiger partial charge in [-0.25, -0.2) is 14.1 Å². The number of methoxy groups -OCH3 is 1. The number of imide groups is 1. The van der Waals surface area contributed by atoms with Crippen LogP contribution in [0.3, 0.4) is 0 Å². The summed E-state index contributed by atoms with van der Waals surface area (Å²) < 4.78 is 18.6. The largest absolute Gasteiger partial charge is 0.497 e. The number of benzene rings is 4. The van der Waals surface area contributed by atoms with Crippen LogP contribution in [-0.2, 0) is 17.6 Å². The van der Waals surface area contributed by atoms with Gasteiger partial charge in [0.2, 0.25) is 0 Å². The molecule has 3 heterocycles. The summed E-state index contributed by atoms with van der Waals surface area (Å²) in [4.78, 5) is 47.2. The number of carbonyl (C=O) groups excluding carboxylic acids is 3. The summed E-state index contributed by atoms with van der Waals surface area (Å²) in [5, 5.41) is 3.89. The number of aromatic amines is 1. The normalized spacial score (nSPS) is 17.5. The average Bonchev–Trinajstić information content (AvgIpc) is 3.54. The van der Waals surface area contributed by atoms with Crippen LogP contribution in [0.1, 0.15) is 38.8 Å². The molecular formula is C35H29FN4O4. The van der Waals surface area contributed by atoms with Crippen LogP contribution < -0.4 is 15.0 Å². The number of halogens is 1. The molecule has 44 heavy (non-hydrogen) atoms. The van der Waals surface area contributed by atoms with E-state index in [1.165, 1.54) is 17.0 Å². The smallest absolute Gasteiger partial charge is 0.332 e. The molecule has 4 aromatic carbocycles. The monoisotopic (exact) mass is 588 g/mol. The third kappa shape index (κ3) is 4.66. The summed E-state index contributed by atoms with van der Waals surface area (Å²) in [6.45, 7) is 0.381. The van der Waals surface area contributed by atoms with Gasteiger partial charge in [0.05, 0.1) is 12.8 Å². The zero-order valence-electron chi connectivity index (χ0n) is 23.9. The third-order valence-electron chi connectivity index (χ3n) is 8.46. The first-order chi connectivity index (χ1) is 21.4. The van der Waals surface area contributed by atoms with Crippen molar-refractivity contribution in [2.45, 2.75) is 24.9 Å². The lowest BCUT2D eigenvalue weighted by atomic mass is 9.89. The molecule has 8 nitrogen and oxygen atoms in total. The van der Waals surface area contributed by atoms with Gasteiger partial charge >= 0.3 is 6.03 Å². The van der Waals surface area contributed by atoms with Crippen LogP contribution >= 0.6 is 0 Å². The molecule has 5 aromatic rings. The molecule has 1 unspecified atom stereocenters. The van der Waals surface area contributed by atoms with E-state index < -0.39 is 18.1 Å². The van der Waals surface area contributed by atoms with Crippen molar-refractivity contribution in [1.29, 1.82) is 0 Å². The van der Waals surface area contributed by atoms with Crippen LogP contribution in [0.5, 0.6) is 5.75 Å². The second-order valence-corrected chi connectivity index (χ2v) is 11.0. The highest BCUT2D eigenvalue weighted by Crippen LogP contribution is 2.45. The molecule has 0 bridgehead atoms. The van der Waals surface area contributed by atoms with E-state index in [-0.39, 0.29) is 17.6 Å². The maximum Gasteiger partial charge on any atom is 0.332 e. The molecule has 1 fully saturated rings. The van der Waals surface area contributed by atoms with Crippen molar-refractivity contribution in [3.8, 4) is 5.75 Å². The minimum atomic E-state index is -0.695. The van der Waals surface area contributed by atoms with Gasteiger partial charge in [0.25, 0.3) is 11.8 Å². The number of fused-ring (bicyclic) bond motifs is 4. The number of nitrogens with zero attached hydrogens (tertiary/aromatic N) is 2. The lowest BCUT2D eigenvalue weighted by molar-refractivity contribution is -0.120. The fraction of sp³-hybridized carbons (Fsp3) is 0.171. The zero-order valence-corrected chi connectivity index (χ0v) is 23.9. The average molecular weight is 589 g/mol. The van der Waals surface area contributed by atoms with Crippen LogP contribution in [0.2, 0.25) is 0 Å². The summed E-state index contributed by atoms with van der Waals surface area (Å²) in [5.41, 5.74) is 5.40. The molecule has 0 spiro atoms. The molecule has 2 aliphatic heterocycles. The van der Waals surface area contributed by atoms with Crippen LogP contribution in [-0.4, -0.2) is 47.4 Å². The molecule has 1 aromatic heterocycles. The molecule has 0 aliphatic carbocycles. The second-order valence-electron chi connectivity index (χ2n) is 11.0. The number of nitrogens with one attached hydrogen (secondary N) is 2. The fourth-order valence-corrected chi connectivity index (χ4v) is 6.31. The van der Waals surface area contributed by atoms with Crippen molar-refractivity contribution in [1.82, 2.24) is 15.2 Å². The Balaban J connectivity index is 1.16. The van der Waals surface area contributed by atoms with Gasteiger partial charge in [-0.15, -0.1) is 0 Å². The Labute approximate surface area is 253 Å². The van der Waals surface area contributed by atoms with Crippen molar-refractivity contribution in [3.63, 3.8) is 0 Å². The third-order valence-corrected chi connectivity index (χ3v) is 8.46. The first kappa shape index (κ1) is 27.4. The van der Waals surface area contributed by atoms with Crippen molar-refractivity contribution in [2.75, 3.05) is 18.6 Å². The van der Waals surface area contributed by atoms with Crippen LogP contribution in [0.15, 0.2) is 97.1 Å². The number of H-pyrrole nitrogens is 1.